The van der Waals surface area contributed by atoms with Gasteiger partial charge in [0.05, 0.1) is 5.56 Å². The number of para-hydroxylation sites is 1. The second-order valence-electron chi connectivity index (χ2n) is 6.76. The lowest BCUT2D eigenvalue weighted by atomic mass is 9.93. The summed E-state index contributed by atoms with van der Waals surface area (Å²) < 4.78 is 2.08. The first-order chi connectivity index (χ1) is 13.3. The van der Waals surface area contributed by atoms with E-state index >= 15 is 0 Å². The number of anilines is 1. The SMILES string of the molecule is O=C(Nc1cccc(-c2nncn2C2CCC2)n1)c1c[nH]c2ccccc12. The number of pyridine rings is 1. The quantitative estimate of drug-likeness (QED) is 0.581. The minimum Gasteiger partial charge on any atom is -0.360 e. The molecule has 3 heterocycles. The van der Waals surface area contributed by atoms with Crippen molar-refractivity contribution in [1.82, 2.24) is 24.7 Å². The average Bonchev–Trinajstić information content (AvgIpc) is 3.27. The van der Waals surface area contributed by atoms with Gasteiger partial charge in [-0.1, -0.05) is 24.3 Å². The van der Waals surface area contributed by atoms with Crippen molar-refractivity contribution in [3.05, 3.63) is 60.6 Å². The molecule has 1 aliphatic rings. The number of aromatic amines is 1. The fraction of sp³-hybridized carbons (Fsp3) is 0.200. The fourth-order valence-corrected chi connectivity index (χ4v) is 3.43. The van der Waals surface area contributed by atoms with Gasteiger partial charge in [0.1, 0.15) is 17.8 Å². The second kappa shape index (κ2) is 6.35. The van der Waals surface area contributed by atoms with Crippen LogP contribution in [0.2, 0.25) is 0 Å². The van der Waals surface area contributed by atoms with Gasteiger partial charge in [0.25, 0.3) is 5.91 Å². The summed E-state index contributed by atoms with van der Waals surface area (Å²) in [5.74, 6) is 1.03. The van der Waals surface area contributed by atoms with Gasteiger partial charge in [-0.15, -0.1) is 10.2 Å². The fourth-order valence-electron chi connectivity index (χ4n) is 3.43. The first-order valence-electron chi connectivity index (χ1n) is 9.04. The Balaban J connectivity index is 1.43. The minimum atomic E-state index is -0.197. The number of H-pyrrole nitrogens is 1. The molecule has 3 aromatic heterocycles. The van der Waals surface area contributed by atoms with E-state index in [2.05, 4.69) is 30.0 Å². The van der Waals surface area contributed by atoms with Gasteiger partial charge in [0, 0.05) is 23.1 Å². The molecule has 7 nitrogen and oxygen atoms in total. The number of benzene rings is 1. The summed E-state index contributed by atoms with van der Waals surface area (Å²) in [6.07, 6.45) is 7.00. The van der Waals surface area contributed by atoms with Gasteiger partial charge in [-0.05, 0) is 37.5 Å². The van der Waals surface area contributed by atoms with Crippen LogP contribution in [0.15, 0.2) is 55.0 Å². The van der Waals surface area contributed by atoms with Gasteiger partial charge in [0.2, 0.25) is 0 Å². The summed E-state index contributed by atoms with van der Waals surface area (Å²) in [5, 5.41) is 12.1. The minimum absolute atomic E-state index is 0.197. The standard InChI is InChI=1S/C20H18N6O/c27-20(15-11-21-16-8-2-1-7-14(15)16)24-18-10-4-9-17(23-18)19-25-22-12-26(19)13-5-3-6-13/h1-2,4,7-13,21H,3,5-6H2,(H,23,24,27). The van der Waals surface area contributed by atoms with Crippen LogP contribution in [-0.2, 0) is 0 Å². The van der Waals surface area contributed by atoms with Crippen LogP contribution in [0.5, 0.6) is 0 Å². The van der Waals surface area contributed by atoms with E-state index in [0.717, 1.165) is 29.6 Å². The maximum atomic E-state index is 12.7. The molecule has 2 N–H and O–H groups in total. The molecule has 134 valence electrons. The number of nitrogens with one attached hydrogen (secondary N) is 2. The van der Waals surface area contributed by atoms with Gasteiger partial charge in [-0.25, -0.2) is 4.98 Å². The number of nitrogens with zero attached hydrogens (tertiary/aromatic N) is 4. The lowest BCUT2D eigenvalue weighted by Crippen LogP contribution is -2.17. The molecule has 0 aliphatic heterocycles. The summed E-state index contributed by atoms with van der Waals surface area (Å²) in [4.78, 5) is 20.4. The number of amides is 1. The third-order valence-electron chi connectivity index (χ3n) is 5.09. The Morgan fingerprint density at radius 3 is 2.89 bits per heavy atom. The maximum absolute atomic E-state index is 12.7. The molecule has 0 radical (unpaired) electrons. The smallest absolute Gasteiger partial charge is 0.258 e. The molecule has 1 amide bonds. The summed E-state index contributed by atoms with van der Waals surface area (Å²) in [6, 6.07) is 13.7. The van der Waals surface area contributed by atoms with E-state index in [9.17, 15) is 4.79 Å². The predicted molar refractivity (Wildman–Crippen MR) is 102 cm³/mol. The van der Waals surface area contributed by atoms with Crippen molar-refractivity contribution in [2.45, 2.75) is 25.3 Å². The highest BCUT2D eigenvalue weighted by Crippen LogP contribution is 2.34. The molecular formula is C20H18N6O. The van der Waals surface area contributed by atoms with Crippen LogP contribution < -0.4 is 5.32 Å². The van der Waals surface area contributed by atoms with Crippen molar-refractivity contribution in [2.24, 2.45) is 0 Å². The average molecular weight is 358 g/mol. The Bertz CT molecular complexity index is 1120. The summed E-state index contributed by atoms with van der Waals surface area (Å²) in [5.41, 5.74) is 2.23. The summed E-state index contributed by atoms with van der Waals surface area (Å²) >= 11 is 0. The number of hydrogen-bond donors (Lipinski definition) is 2. The van der Waals surface area contributed by atoms with Gasteiger partial charge in [-0.3, -0.25) is 4.79 Å². The monoisotopic (exact) mass is 358 g/mol. The van der Waals surface area contributed by atoms with E-state index in [0.29, 0.717) is 23.1 Å². The number of rotatable bonds is 4. The maximum Gasteiger partial charge on any atom is 0.258 e. The first-order valence-corrected chi connectivity index (χ1v) is 9.04. The zero-order valence-corrected chi connectivity index (χ0v) is 14.6. The van der Waals surface area contributed by atoms with Crippen LogP contribution in [0.25, 0.3) is 22.4 Å². The van der Waals surface area contributed by atoms with Crippen molar-refractivity contribution >= 4 is 22.6 Å². The summed E-state index contributed by atoms with van der Waals surface area (Å²) in [6.45, 7) is 0. The number of hydrogen-bond acceptors (Lipinski definition) is 4. The molecule has 0 atom stereocenters. The number of carbonyl (C=O) groups is 1. The van der Waals surface area contributed by atoms with Gasteiger partial charge in [0.15, 0.2) is 5.82 Å². The lowest BCUT2D eigenvalue weighted by molar-refractivity contribution is 0.102. The largest absolute Gasteiger partial charge is 0.360 e. The van der Waals surface area contributed by atoms with Crippen molar-refractivity contribution in [1.29, 1.82) is 0 Å². The zero-order valence-electron chi connectivity index (χ0n) is 14.6. The highest BCUT2D eigenvalue weighted by atomic mass is 16.1. The second-order valence-corrected chi connectivity index (χ2v) is 6.76. The van der Waals surface area contributed by atoms with Crippen molar-refractivity contribution in [2.75, 3.05) is 5.32 Å². The van der Waals surface area contributed by atoms with E-state index in [1.807, 2.05) is 36.4 Å². The van der Waals surface area contributed by atoms with Crippen molar-refractivity contribution in [3.63, 3.8) is 0 Å². The first kappa shape index (κ1) is 15.7. The van der Waals surface area contributed by atoms with Crippen LogP contribution in [-0.4, -0.2) is 30.6 Å². The van der Waals surface area contributed by atoms with Crippen molar-refractivity contribution in [3.8, 4) is 11.5 Å². The molecule has 0 bridgehead atoms. The normalized spacial score (nSPS) is 14.2. The zero-order chi connectivity index (χ0) is 18.2. The Morgan fingerprint density at radius 1 is 1.15 bits per heavy atom. The van der Waals surface area contributed by atoms with Crippen LogP contribution in [0.1, 0.15) is 35.7 Å². The lowest BCUT2D eigenvalue weighted by Gasteiger charge is -2.27. The molecule has 0 saturated heterocycles. The molecule has 1 saturated carbocycles. The molecule has 1 fully saturated rings. The molecule has 0 unspecified atom stereocenters. The van der Waals surface area contributed by atoms with Gasteiger partial charge < -0.3 is 14.9 Å². The number of aromatic nitrogens is 5. The molecule has 5 rings (SSSR count). The molecule has 0 spiro atoms. The van der Waals surface area contributed by atoms with Crippen molar-refractivity contribution < 1.29 is 4.79 Å². The third-order valence-corrected chi connectivity index (χ3v) is 5.09. The van der Waals surface area contributed by atoms with Gasteiger partial charge in [-0.2, -0.15) is 0 Å². The number of fused-ring (bicyclic) bond motifs is 1. The molecule has 4 aromatic rings. The Labute approximate surface area is 155 Å². The van der Waals surface area contributed by atoms with E-state index in [4.69, 9.17) is 0 Å². The summed E-state index contributed by atoms with van der Waals surface area (Å²) in [7, 11) is 0. The van der Waals surface area contributed by atoms with E-state index in [1.165, 1.54) is 6.42 Å². The predicted octanol–water partition coefficient (Wildman–Crippen LogP) is 3.80. The van der Waals surface area contributed by atoms with Crippen LogP contribution in [0, 0.1) is 0 Å². The molecule has 1 aliphatic carbocycles. The highest BCUT2D eigenvalue weighted by molar-refractivity contribution is 6.12. The molecule has 1 aromatic carbocycles. The Morgan fingerprint density at radius 2 is 2.04 bits per heavy atom. The molecule has 27 heavy (non-hydrogen) atoms. The Hall–Kier alpha value is -3.48. The van der Waals surface area contributed by atoms with Crippen LogP contribution in [0.4, 0.5) is 5.82 Å². The highest BCUT2D eigenvalue weighted by Gasteiger charge is 2.23. The van der Waals surface area contributed by atoms with Crippen LogP contribution >= 0.6 is 0 Å². The van der Waals surface area contributed by atoms with Crippen LogP contribution in [0.3, 0.4) is 0 Å². The molecule has 7 heteroatoms. The van der Waals surface area contributed by atoms with E-state index < -0.39 is 0 Å². The molecular weight excluding hydrogens is 340 g/mol. The van der Waals surface area contributed by atoms with E-state index in [-0.39, 0.29) is 5.91 Å². The van der Waals surface area contributed by atoms with Gasteiger partial charge >= 0.3 is 0 Å². The topological polar surface area (TPSA) is 88.5 Å². The van der Waals surface area contributed by atoms with E-state index in [1.54, 1.807) is 18.6 Å². The Kier molecular flexibility index (Phi) is 3.71. The number of carbonyl (C=O) groups excluding carboxylic acids is 1. The third kappa shape index (κ3) is 2.77.